The summed E-state index contributed by atoms with van der Waals surface area (Å²) in [6.45, 7) is 6.11. The minimum atomic E-state index is -1.63. The molecule has 1 spiro atoms. The molecule has 50 heavy (non-hydrogen) atoms. The van der Waals surface area contributed by atoms with Gasteiger partial charge in [0.25, 0.3) is 0 Å². The summed E-state index contributed by atoms with van der Waals surface area (Å²) in [5.74, 6) is 1.05. The molecule has 13 heteroatoms. The van der Waals surface area contributed by atoms with Gasteiger partial charge >= 0.3 is 0 Å². The van der Waals surface area contributed by atoms with Crippen molar-refractivity contribution in [2.75, 3.05) is 13.2 Å². The van der Waals surface area contributed by atoms with Crippen LogP contribution < -0.4 is 0 Å². The molecule has 0 radical (unpaired) electrons. The van der Waals surface area contributed by atoms with E-state index in [1.807, 2.05) is 0 Å². The standard InChI is InChI=1S/C37H58O13/c1-17-27(39)29(41)30(42)33(46-17)49-32-28(40)25(16-38)48-34(31(32)43)47-20-7-9-21-19(14-20)6-8-23-22(21)10-12-35(3)24(23)15-26-37(35,44)18(2)36(50-26)11-4-5-13-45-36/h6,17-18,20-34,38-44H,4-5,7-16H2,1-3H3/t17-,18+,20?,21?,22?,23?,24?,25+,26?,27-,28-,29+,30+,31+,32-,33-,34+,35-,36?,37?/m0/s1. The van der Waals surface area contributed by atoms with E-state index in [0.717, 1.165) is 57.8 Å². The predicted octanol–water partition coefficient (Wildman–Crippen LogP) is 0.869. The zero-order valence-electron chi connectivity index (χ0n) is 29.5. The number of fused-ring (bicyclic) bond motifs is 7. The second kappa shape index (κ2) is 13.2. The van der Waals surface area contributed by atoms with Gasteiger partial charge in [-0.05, 0) is 88.4 Å². The Labute approximate surface area is 293 Å². The Morgan fingerprint density at radius 3 is 2.38 bits per heavy atom. The fraction of sp³-hybridized carbons (Fsp3) is 0.946. The van der Waals surface area contributed by atoms with Gasteiger partial charge in [0.2, 0.25) is 0 Å². The monoisotopic (exact) mass is 710 g/mol. The van der Waals surface area contributed by atoms with Crippen molar-refractivity contribution in [2.24, 2.45) is 35.0 Å². The van der Waals surface area contributed by atoms with Gasteiger partial charge in [-0.15, -0.1) is 0 Å². The molecular weight excluding hydrogens is 652 g/mol. The number of ether oxygens (including phenoxy) is 6. The first-order valence-electron chi connectivity index (χ1n) is 19.2. The molecule has 0 bridgehead atoms. The zero-order chi connectivity index (χ0) is 35.3. The summed E-state index contributed by atoms with van der Waals surface area (Å²) in [5, 5.41) is 75.6. The fourth-order valence-electron chi connectivity index (χ4n) is 12.0. The molecule has 0 aromatic heterocycles. The van der Waals surface area contributed by atoms with Crippen LogP contribution in [0.2, 0.25) is 0 Å². The maximum absolute atomic E-state index is 12.6. The summed E-state index contributed by atoms with van der Waals surface area (Å²) >= 11 is 0. The van der Waals surface area contributed by atoms with E-state index in [1.165, 1.54) is 12.5 Å². The second-order valence-corrected chi connectivity index (χ2v) is 17.0. The highest BCUT2D eigenvalue weighted by Crippen LogP contribution is 2.70. The Morgan fingerprint density at radius 1 is 0.860 bits per heavy atom. The molecule has 0 aromatic carbocycles. The molecule has 4 heterocycles. The van der Waals surface area contributed by atoms with E-state index in [1.54, 1.807) is 0 Å². The minimum Gasteiger partial charge on any atom is -0.394 e. The van der Waals surface area contributed by atoms with E-state index < -0.39 is 79.4 Å². The van der Waals surface area contributed by atoms with E-state index in [0.29, 0.717) is 36.7 Å². The van der Waals surface area contributed by atoms with Crippen LogP contribution in [0.5, 0.6) is 0 Å². The summed E-state index contributed by atoms with van der Waals surface area (Å²) in [5.41, 5.74) is 0.224. The van der Waals surface area contributed by atoms with Crippen LogP contribution in [0.25, 0.3) is 0 Å². The van der Waals surface area contributed by atoms with Gasteiger partial charge < -0.3 is 64.2 Å². The zero-order valence-corrected chi connectivity index (χ0v) is 29.5. The van der Waals surface area contributed by atoms with Crippen LogP contribution in [0.4, 0.5) is 0 Å². The molecule has 0 aromatic rings. The largest absolute Gasteiger partial charge is 0.394 e. The summed E-state index contributed by atoms with van der Waals surface area (Å²) in [4.78, 5) is 0. The molecule has 8 rings (SSSR count). The number of rotatable bonds is 5. The lowest BCUT2D eigenvalue weighted by Crippen LogP contribution is -2.64. The molecule has 4 aliphatic carbocycles. The van der Waals surface area contributed by atoms with Gasteiger partial charge in [-0.2, -0.15) is 0 Å². The second-order valence-electron chi connectivity index (χ2n) is 17.0. The molecule has 8 unspecified atom stereocenters. The Bertz CT molecular complexity index is 1280. The van der Waals surface area contributed by atoms with Crippen molar-refractivity contribution in [3.8, 4) is 0 Å². The fourth-order valence-corrected chi connectivity index (χ4v) is 12.0. The van der Waals surface area contributed by atoms with E-state index in [4.69, 9.17) is 28.4 Å². The number of hydrogen-bond donors (Lipinski definition) is 7. The SMILES string of the molecule is C[C@@H]1O[C@@H](O[C@H]2[C@@H](O)[C@@H](CO)O[C@@H](OC3CCC4C(=CCC5C4CC[C@@]4(C)C5CC5OC6(CCCCO6)[C@@H](C)C54O)C3)[C@@H]2O)[C@H](O)[C@H](O)[C@H]1O. The lowest BCUT2D eigenvalue weighted by Gasteiger charge is -2.56. The number of hydrogen-bond acceptors (Lipinski definition) is 13. The summed E-state index contributed by atoms with van der Waals surface area (Å²) < 4.78 is 36.6. The third kappa shape index (κ3) is 5.36. The topological polar surface area (TPSA) is 197 Å². The summed E-state index contributed by atoms with van der Waals surface area (Å²) in [7, 11) is 0. The van der Waals surface area contributed by atoms with Crippen molar-refractivity contribution in [3.63, 3.8) is 0 Å². The van der Waals surface area contributed by atoms with E-state index >= 15 is 0 Å². The van der Waals surface area contributed by atoms with Gasteiger partial charge in [0.1, 0.15) is 48.3 Å². The normalized spacial score (nSPS) is 57.8. The highest BCUT2D eigenvalue weighted by molar-refractivity contribution is 5.26. The smallest absolute Gasteiger partial charge is 0.187 e. The van der Waals surface area contributed by atoms with Crippen LogP contribution in [0.1, 0.15) is 85.0 Å². The Balaban J connectivity index is 0.935. The Kier molecular flexibility index (Phi) is 9.57. The quantitative estimate of drug-likeness (QED) is 0.199. The van der Waals surface area contributed by atoms with Crippen LogP contribution in [0.15, 0.2) is 11.6 Å². The van der Waals surface area contributed by atoms with E-state index in [9.17, 15) is 35.7 Å². The van der Waals surface area contributed by atoms with Gasteiger partial charge in [0.05, 0.1) is 31.5 Å². The average Bonchev–Trinajstić information content (AvgIpc) is 3.46. The lowest BCUT2D eigenvalue weighted by molar-refractivity contribution is -0.361. The van der Waals surface area contributed by atoms with Crippen molar-refractivity contribution in [3.05, 3.63) is 11.6 Å². The van der Waals surface area contributed by atoms with Crippen molar-refractivity contribution in [1.29, 1.82) is 0 Å². The van der Waals surface area contributed by atoms with Gasteiger partial charge in [-0.25, -0.2) is 0 Å². The molecule has 7 fully saturated rings. The van der Waals surface area contributed by atoms with Crippen molar-refractivity contribution in [2.45, 2.75) is 170 Å². The highest BCUT2D eigenvalue weighted by atomic mass is 16.7. The van der Waals surface area contributed by atoms with Gasteiger partial charge in [-0.1, -0.05) is 25.5 Å². The minimum absolute atomic E-state index is 0.0775. The number of aliphatic hydroxyl groups is 7. The maximum Gasteiger partial charge on any atom is 0.187 e. The van der Waals surface area contributed by atoms with E-state index in [-0.39, 0.29) is 23.5 Å². The van der Waals surface area contributed by atoms with Crippen LogP contribution in [-0.4, -0.2) is 134 Å². The molecule has 20 atom stereocenters. The van der Waals surface area contributed by atoms with Crippen LogP contribution in [0.3, 0.4) is 0 Å². The summed E-state index contributed by atoms with van der Waals surface area (Å²) in [6, 6.07) is 0. The maximum atomic E-state index is 12.6. The molecule has 7 N–H and O–H groups in total. The molecule has 284 valence electrons. The van der Waals surface area contributed by atoms with Gasteiger partial charge in [0.15, 0.2) is 18.4 Å². The summed E-state index contributed by atoms with van der Waals surface area (Å²) in [6.07, 6.45) is -2.46. The molecule has 4 aliphatic heterocycles. The molecule has 0 amide bonds. The third-order valence-corrected chi connectivity index (χ3v) is 14.8. The van der Waals surface area contributed by atoms with Crippen molar-refractivity contribution in [1.82, 2.24) is 0 Å². The van der Waals surface area contributed by atoms with Gasteiger partial charge in [0, 0.05) is 17.8 Å². The first kappa shape index (κ1) is 36.2. The predicted molar refractivity (Wildman–Crippen MR) is 174 cm³/mol. The van der Waals surface area contributed by atoms with Crippen LogP contribution in [0, 0.1) is 35.0 Å². The first-order chi connectivity index (χ1) is 23.8. The molecular formula is C37H58O13. The van der Waals surface area contributed by atoms with Crippen LogP contribution >= 0.6 is 0 Å². The van der Waals surface area contributed by atoms with Crippen molar-refractivity contribution >= 4 is 0 Å². The molecule has 13 nitrogen and oxygen atoms in total. The van der Waals surface area contributed by atoms with Crippen molar-refractivity contribution < 1.29 is 64.2 Å². The average molecular weight is 711 g/mol. The van der Waals surface area contributed by atoms with Gasteiger partial charge in [-0.3, -0.25) is 0 Å². The Morgan fingerprint density at radius 2 is 1.64 bits per heavy atom. The molecule has 3 saturated carbocycles. The third-order valence-electron chi connectivity index (χ3n) is 14.8. The molecule has 4 saturated heterocycles. The number of aliphatic hydroxyl groups excluding tert-OH is 6. The van der Waals surface area contributed by atoms with Crippen LogP contribution in [-0.2, 0) is 28.4 Å². The lowest BCUT2D eigenvalue weighted by atomic mass is 9.50. The first-order valence-corrected chi connectivity index (χ1v) is 19.2. The van der Waals surface area contributed by atoms with E-state index in [2.05, 4.69) is 19.9 Å². The Hall–Kier alpha value is -0.780. The molecule has 8 aliphatic rings. The number of allylic oxidation sites excluding steroid dienone is 1. The highest BCUT2D eigenvalue weighted by Gasteiger charge is 2.75.